The van der Waals surface area contributed by atoms with Gasteiger partial charge in [-0.3, -0.25) is 4.79 Å². The zero-order valence-electron chi connectivity index (χ0n) is 15.9. The Balaban J connectivity index is 1.68. The van der Waals surface area contributed by atoms with Gasteiger partial charge in [0.25, 0.3) is 0 Å². The number of rotatable bonds is 5. The Labute approximate surface area is 155 Å². The van der Waals surface area contributed by atoms with E-state index in [4.69, 9.17) is 4.74 Å². The zero-order valence-corrected chi connectivity index (χ0v) is 15.9. The molecule has 140 valence electrons. The number of likely N-dealkylation sites (N-methyl/N-ethyl adjacent to an activating group) is 1. The Bertz CT molecular complexity index is 708. The molecule has 0 saturated heterocycles. The van der Waals surface area contributed by atoms with Gasteiger partial charge in [0.2, 0.25) is 5.91 Å². The third-order valence-electron chi connectivity index (χ3n) is 4.72. The molecule has 1 saturated carbocycles. The van der Waals surface area contributed by atoms with Gasteiger partial charge in [0, 0.05) is 33.2 Å². The molecule has 1 heterocycles. The largest absolute Gasteiger partial charge is 0.497 e. The lowest BCUT2D eigenvalue weighted by Crippen LogP contribution is -2.45. The Morgan fingerprint density at radius 2 is 2.19 bits per heavy atom. The molecule has 26 heavy (non-hydrogen) atoms. The molecule has 6 nitrogen and oxygen atoms in total. The monoisotopic (exact) mass is 356 g/mol. The molecule has 1 aromatic rings. The summed E-state index contributed by atoms with van der Waals surface area (Å²) in [5.74, 6) is 1.75. The van der Waals surface area contributed by atoms with Crippen molar-refractivity contribution in [3.63, 3.8) is 0 Å². The van der Waals surface area contributed by atoms with Crippen LogP contribution in [0.4, 0.5) is 0 Å². The van der Waals surface area contributed by atoms with E-state index in [0.29, 0.717) is 6.04 Å². The van der Waals surface area contributed by atoms with Gasteiger partial charge in [-0.05, 0) is 42.5 Å². The first-order chi connectivity index (χ1) is 12.6. The van der Waals surface area contributed by atoms with Gasteiger partial charge in [-0.15, -0.1) is 0 Å². The van der Waals surface area contributed by atoms with Crippen molar-refractivity contribution in [3.05, 3.63) is 35.9 Å². The lowest BCUT2D eigenvalue weighted by Gasteiger charge is -2.30. The van der Waals surface area contributed by atoms with Crippen LogP contribution in [0.5, 0.6) is 5.75 Å². The van der Waals surface area contributed by atoms with Crippen molar-refractivity contribution in [2.75, 3.05) is 40.8 Å². The van der Waals surface area contributed by atoms with E-state index in [1.807, 2.05) is 12.1 Å². The Morgan fingerprint density at radius 1 is 1.38 bits per heavy atom. The molecule has 1 aromatic carbocycles. The summed E-state index contributed by atoms with van der Waals surface area (Å²) in [6, 6.07) is 8.69. The molecule has 0 spiro atoms. The van der Waals surface area contributed by atoms with E-state index in [1.165, 1.54) is 24.0 Å². The number of nitrogens with zero attached hydrogens (tertiary/aromatic N) is 3. The first kappa shape index (κ1) is 18.3. The van der Waals surface area contributed by atoms with Crippen LogP contribution in [-0.4, -0.2) is 68.5 Å². The van der Waals surface area contributed by atoms with Crippen LogP contribution < -0.4 is 10.1 Å². The van der Waals surface area contributed by atoms with Crippen molar-refractivity contribution in [2.24, 2.45) is 4.99 Å². The van der Waals surface area contributed by atoms with Crippen molar-refractivity contribution in [2.45, 2.75) is 25.3 Å². The van der Waals surface area contributed by atoms with E-state index < -0.39 is 0 Å². The van der Waals surface area contributed by atoms with Crippen LogP contribution in [0, 0.1) is 0 Å². The van der Waals surface area contributed by atoms with Gasteiger partial charge in [-0.25, -0.2) is 4.99 Å². The predicted molar refractivity (Wildman–Crippen MR) is 104 cm³/mol. The topological polar surface area (TPSA) is 57.2 Å². The number of nitrogens with one attached hydrogen (secondary N) is 1. The molecule has 1 amide bonds. The maximum Gasteiger partial charge on any atom is 0.243 e. The predicted octanol–water partition coefficient (Wildman–Crippen LogP) is 1.98. The molecule has 0 atom stereocenters. The van der Waals surface area contributed by atoms with Gasteiger partial charge in [0.15, 0.2) is 5.96 Å². The molecule has 3 rings (SSSR count). The summed E-state index contributed by atoms with van der Waals surface area (Å²) in [6.07, 6.45) is 5.55. The summed E-state index contributed by atoms with van der Waals surface area (Å²) in [6.45, 7) is 1.87. The summed E-state index contributed by atoms with van der Waals surface area (Å²) in [4.78, 5) is 20.2. The van der Waals surface area contributed by atoms with Gasteiger partial charge in [0.05, 0.1) is 7.11 Å². The molecule has 1 aliphatic heterocycles. The highest BCUT2D eigenvalue weighted by Gasteiger charge is 2.26. The number of guanidine groups is 1. The maximum absolute atomic E-state index is 11.9. The number of carbonyl (C=O) groups is 1. The molecule has 0 radical (unpaired) electrons. The molecule has 2 aliphatic rings. The number of amides is 1. The van der Waals surface area contributed by atoms with E-state index in [1.54, 1.807) is 26.1 Å². The molecule has 1 fully saturated rings. The number of ether oxygens (including phenoxy) is 1. The minimum atomic E-state index is 0.0183. The fourth-order valence-electron chi connectivity index (χ4n) is 2.88. The lowest BCUT2D eigenvalue weighted by molar-refractivity contribution is -0.127. The first-order valence-electron chi connectivity index (χ1n) is 9.16. The van der Waals surface area contributed by atoms with Crippen molar-refractivity contribution in [1.82, 2.24) is 15.1 Å². The number of hydrogen-bond acceptors (Lipinski definition) is 3. The van der Waals surface area contributed by atoms with Crippen molar-refractivity contribution < 1.29 is 9.53 Å². The van der Waals surface area contributed by atoms with Gasteiger partial charge in [0.1, 0.15) is 12.3 Å². The molecule has 0 aromatic heterocycles. The molecular weight excluding hydrogens is 328 g/mol. The van der Waals surface area contributed by atoms with Crippen LogP contribution in [0.1, 0.15) is 24.8 Å². The summed E-state index contributed by atoms with van der Waals surface area (Å²) in [7, 11) is 5.21. The minimum absolute atomic E-state index is 0.0183. The molecule has 0 unspecified atom stereocenters. The second-order valence-electron chi connectivity index (χ2n) is 7.00. The first-order valence-corrected chi connectivity index (χ1v) is 9.16. The average Bonchev–Trinajstić information content (AvgIpc) is 3.49. The molecule has 1 aliphatic carbocycles. The summed E-state index contributed by atoms with van der Waals surface area (Å²) < 4.78 is 5.33. The van der Waals surface area contributed by atoms with Crippen LogP contribution in [0.2, 0.25) is 0 Å². The summed E-state index contributed by atoms with van der Waals surface area (Å²) in [5, 5.41) is 3.48. The molecular formula is C20H28N4O2. The second-order valence-corrected chi connectivity index (χ2v) is 7.00. The molecule has 6 heteroatoms. The summed E-state index contributed by atoms with van der Waals surface area (Å²) in [5.41, 5.74) is 2.54. The standard InChI is InChI=1S/C20H28N4O2/c1-23(2)19(25)14-21-20(22-17-7-8-17)24-11-9-15(10-12-24)16-5-4-6-18(13-16)26-3/h4-6,9,13,17H,7-8,10-12,14H2,1-3H3,(H,21,22). The second kappa shape index (κ2) is 8.25. The van der Waals surface area contributed by atoms with E-state index >= 15 is 0 Å². The Morgan fingerprint density at radius 3 is 2.81 bits per heavy atom. The van der Waals surface area contributed by atoms with Gasteiger partial charge < -0.3 is 19.9 Å². The number of benzene rings is 1. The average molecular weight is 356 g/mol. The van der Waals surface area contributed by atoms with Gasteiger partial charge >= 0.3 is 0 Å². The minimum Gasteiger partial charge on any atom is -0.497 e. The quantitative estimate of drug-likeness (QED) is 0.647. The Hall–Kier alpha value is -2.50. The third-order valence-corrected chi connectivity index (χ3v) is 4.72. The van der Waals surface area contributed by atoms with E-state index in [9.17, 15) is 4.79 Å². The van der Waals surface area contributed by atoms with Crippen molar-refractivity contribution in [3.8, 4) is 5.75 Å². The zero-order chi connectivity index (χ0) is 18.5. The van der Waals surface area contributed by atoms with E-state index in [-0.39, 0.29) is 12.5 Å². The summed E-state index contributed by atoms with van der Waals surface area (Å²) >= 11 is 0. The number of aliphatic imine (C=N–C) groups is 1. The van der Waals surface area contributed by atoms with Crippen molar-refractivity contribution >= 4 is 17.4 Å². The SMILES string of the molecule is COc1cccc(C2=CCN(C(=NCC(=O)N(C)C)NC3CC3)CC2)c1. The molecule has 0 bridgehead atoms. The fourth-order valence-corrected chi connectivity index (χ4v) is 2.88. The van der Waals surface area contributed by atoms with E-state index in [0.717, 1.165) is 31.2 Å². The van der Waals surface area contributed by atoms with E-state index in [2.05, 4.69) is 33.4 Å². The maximum atomic E-state index is 11.9. The lowest BCUT2D eigenvalue weighted by atomic mass is 9.99. The highest BCUT2D eigenvalue weighted by atomic mass is 16.5. The number of hydrogen-bond donors (Lipinski definition) is 1. The van der Waals surface area contributed by atoms with Crippen LogP contribution >= 0.6 is 0 Å². The van der Waals surface area contributed by atoms with Crippen LogP contribution in [0.15, 0.2) is 35.3 Å². The van der Waals surface area contributed by atoms with Crippen molar-refractivity contribution in [1.29, 1.82) is 0 Å². The number of methoxy groups -OCH3 is 1. The van der Waals surface area contributed by atoms with Gasteiger partial charge in [-0.2, -0.15) is 0 Å². The Kier molecular flexibility index (Phi) is 5.81. The highest BCUT2D eigenvalue weighted by molar-refractivity contribution is 5.86. The van der Waals surface area contributed by atoms with Crippen LogP contribution in [-0.2, 0) is 4.79 Å². The molecule has 1 N–H and O–H groups in total. The van der Waals surface area contributed by atoms with Crippen LogP contribution in [0.3, 0.4) is 0 Å². The fraction of sp³-hybridized carbons (Fsp3) is 0.500. The normalized spacial score (nSPS) is 17.6. The smallest absolute Gasteiger partial charge is 0.243 e. The third kappa shape index (κ3) is 4.77. The van der Waals surface area contributed by atoms with Crippen LogP contribution in [0.25, 0.3) is 5.57 Å². The number of carbonyl (C=O) groups excluding carboxylic acids is 1. The highest BCUT2D eigenvalue weighted by Crippen LogP contribution is 2.26. The van der Waals surface area contributed by atoms with Gasteiger partial charge in [-0.1, -0.05) is 18.2 Å².